The van der Waals surface area contributed by atoms with Crippen LogP contribution in [-0.2, 0) is 25.5 Å². The summed E-state index contributed by atoms with van der Waals surface area (Å²) in [5.74, 6) is -1.05. The number of unbranched alkanes of at least 4 members (excludes halogenated alkanes) is 2. The molecular weight excluding hydrogens is 577 g/mol. The molecular formula is C31H33ClFN5O5. The van der Waals surface area contributed by atoms with Gasteiger partial charge in [-0.05, 0) is 48.4 Å². The number of hydrogen-bond donors (Lipinski definition) is 3. The quantitative estimate of drug-likeness (QED) is 0.154. The van der Waals surface area contributed by atoms with Gasteiger partial charge in [-0.25, -0.2) is 9.18 Å². The number of fused-ring (bicyclic) bond motifs is 1. The molecule has 1 aromatic heterocycles. The molecule has 3 aromatic rings. The molecule has 0 spiro atoms. The first-order valence-corrected chi connectivity index (χ1v) is 14.4. The van der Waals surface area contributed by atoms with Gasteiger partial charge in [-0.3, -0.25) is 24.7 Å². The minimum absolute atomic E-state index is 0.0172. The van der Waals surface area contributed by atoms with Crippen molar-refractivity contribution in [3.8, 4) is 11.1 Å². The minimum Gasteiger partial charge on any atom is -0.441 e. The minimum atomic E-state index is -0.911. The molecule has 4 amide bonds. The van der Waals surface area contributed by atoms with E-state index in [1.54, 1.807) is 43.6 Å². The Bertz CT molecular complexity index is 1520. The van der Waals surface area contributed by atoms with Gasteiger partial charge in [0.2, 0.25) is 18.2 Å². The number of carbonyl (C=O) groups excluding carboxylic acids is 4. The SMILES string of the molecule is CCCCCC(=O)Nc1cc(NC=O)ccc1-c1ccnc(CC(=O)N(C)CCC2OC(=O)Nc3ccc(Cl)c(F)c32)c1. The maximum absolute atomic E-state index is 14.7. The van der Waals surface area contributed by atoms with Crippen LogP contribution in [0.5, 0.6) is 0 Å². The third-order valence-electron chi connectivity index (χ3n) is 7.08. The normalized spacial score (nSPS) is 13.8. The van der Waals surface area contributed by atoms with Crippen molar-refractivity contribution < 1.29 is 28.3 Å². The molecule has 4 rings (SSSR count). The number of amides is 4. The van der Waals surface area contributed by atoms with Crippen LogP contribution < -0.4 is 16.0 Å². The lowest BCUT2D eigenvalue weighted by Crippen LogP contribution is -2.32. The van der Waals surface area contributed by atoms with Crippen LogP contribution in [0.25, 0.3) is 11.1 Å². The van der Waals surface area contributed by atoms with E-state index in [1.165, 1.54) is 17.0 Å². The first-order chi connectivity index (χ1) is 20.7. The van der Waals surface area contributed by atoms with E-state index in [0.717, 1.165) is 24.8 Å². The summed E-state index contributed by atoms with van der Waals surface area (Å²) in [6, 6.07) is 11.6. The molecule has 0 radical (unpaired) electrons. The molecule has 3 N–H and O–H groups in total. The van der Waals surface area contributed by atoms with E-state index in [1.807, 2.05) is 0 Å². The van der Waals surface area contributed by atoms with Crippen molar-refractivity contribution in [1.82, 2.24) is 9.88 Å². The van der Waals surface area contributed by atoms with Gasteiger partial charge < -0.3 is 20.3 Å². The second-order valence-corrected chi connectivity index (χ2v) is 10.6. The Balaban J connectivity index is 1.45. The summed E-state index contributed by atoms with van der Waals surface area (Å²) in [5.41, 5.74) is 3.41. The van der Waals surface area contributed by atoms with Crippen molar-refractivity contribution in [3.05, 3.63) is 70.8 Å². The van der Waals surface area contributed by atoms with E-state index in [2.05, 4.69) is 27.9 Å². The van der Waals surface area contributed by atoms with Crippen LogP contribution in [0.15, 0.2) is 48.7 Å². The molecule has 1 atom stereocenters. The predicted octanol–water partition coefficient (Wildman–Crippen LogP) is 6.32. The summed E-state index contributed by atoms with van der Waals surface area (Å²) in [7, 11) is 1.61. The van der Waals surface area contributed by atoms with Gasteiger partial charge in [0.25, 0.3) is 0 Å². The Labute approximate surface area is 254 Å². The Morgan fingerprint density at radius 3 is 2.77 bits per heavy atom. The zero-order valence-corrected chi connectivity index (χ0v) is 24.7. The summed E-state index contributed by atoms with van der Waals surface area (Å²) in [6.45, 7) is 2.25. The van der Waals surface area contributed by atoms with Crippen molar-refractivity contribution in [2.45, 2.75) is 51.6 Å². The van der Waals surface area contributed by atoms with Crippen LogP contribution in [0.1, 0.15) is 56.4 Å². The number of anilines is 3. The fourth-order valence-electron chi connectivity index (χ4n) is 4.79. The van der Waals surface area contributed by atoms with Gasteiger partial charge in [0.1, 0.15) is 6.10 Å². The second kappa shape index (κ2) is 14.6. The number of hydrogen-bond acceptors (Lipinski definition) is 6. The highest BCUT2D eigenvalue weighted by atomic mass is 35.5. The van der Waals surface area contributed by atoms with E-state index in [9.17, 15) is 23.6 Å². The third-order valence-corrected chi connectivity index (χ3v) is 7.37. The van der Waals surface area contributed by atoms with E-state index < -0.39 is 18.0 Å². The highest BCUT2D eigenvalue weighted by Crippen LogP contribution is 2.38. The van der Waals surface area contributed by atoms with Crippen molar-refractivity contribution in [1.29, 1.82) is 0 Å². The molecule has 0 bridgehead atoms. The summed E-state index contributed by atoms with van der Waals surface area (Å²) in [5, 5.41) is 7.92. The lowest BCUT2D eigenvalue weighted by Gasteiger charge is -2.28. The van der Waals surface area contributed by atoms with Gasteiger partial charge in [0.05, 0.1) is 34.1 Å². The van der Waals surface area contributed by atoms with Crippen molar-refractivity contribution in [2.75, 3.05) is 29.5 Å². The number of nitrogens with one attached hydrogen (secondary N) is 3. The number of carbonyl (C=O) groups is 4. The molecule has 226 valence electrons. The van der Waals surface area contributed by atoms with Gasteiger partial charge in [-0.2, -0.15) is 0 Å². The second-order valence-electron chi connectivity index (χ2n) is 10.2. The van der Waals surface area contributed by atoms with E-state index in [4.69, 9.17) is 16.3 Å². The fourth-order valence-corrected chi connectivity index (χ4v) is 4.96. The fraction of sp³-hybridized carbons (Fsp3) is 0.323. The lowest BCUT2D eigenvalue weighted by atomic mass is 10.0. The van der Waals surface area contributed by atoms with Crippen molar-refractivity contribution in [3.63, 3.8) is 0 Å². The topological polar surface area (TPSA) is 130 Å². The maximum Gasteiger partial charge on any atom is 0.412 e. The molecule has 2 aromatic carbocycles. The Morgan fingerprint density at radius 1 is 1.19 bits per heavy atom. The first kappa shape index (κ1) is 31.4. The molecule has 2 heterocycles. The number of pyridine rings is 1. The average Bonchev–Trinajstić information content (AvgIpc) is 2.98. The monoisotopic (exact) mass is 609 g/mol. The molecule has 0 saturated heterocycles. The lowest BCUT2D eigenvalue weighted by molar-refractivity contribution is -0.129. The van der Waals surface area contributed by atoms with E-state index in [-0.39, 0.29) is 47.5 Å². The number of nitrogens with zero attached hydrogens (tertiary/aromatic N) is 2. The highest BCUT2D eigenvalue weighted by Gasteiger charge is 2.31. The van der Waals surface area contributed by atoms with Gasteiger partial charge in [0.15, 0.2) is 5.82 Å². The predicted molar refractivity (Wildman–Crippen MR) is 162 cm³/mol. The summed E-state index contributed by atoms with van der Waals surface area (Å²) in [6.07, 6.45) is 3.77. The Hall–Kier alpha value is -4.51. The van der Waals surface area contributed by atoms with Gasteiger partial charge in [-0.1, -0.05) is 37.4 Å². The molecule has 10 nitrogen and oxygen atoms in total. The van der Waals surface area contributed by atoms with Crippen LogP contribution in [0, 0.1) is 5.82 Å². The number of benzene rings is 2. The average molecular weight is 610 g/mol. The van der Waals surface area contributed by atoms with Crippen LogP contribution in [0.4, 0.5) is 26.2 Å². The Kier molecular flexibility index (Phi) is 10.7. The molecule has 0 fully saturated rings. The molecule has 1 aliphatic rings. The third kappa shape index (κ3) is 8.07. The molecule has 12 heteroatoms. The number of rotatable bonds is 13. The van der Waals surface area contributed by atoms with Gasteiger partial charge in [0, 0.05) is 43.9 Å². The summed E-state index contributed by atoms with van der Waals surface area (Å²) < 4.78 is 20.0. The number of halogens is 2. The molecule has 0 aliphatic carbocycles. The number of likely N-dealkylation sites (N-methyl/N-ethyl adjacent to an activating group) is 1. The van der Waals surface area contributed by atoms with Crippen LogP contribution in [0.2, 0.25) is 5.02 Å². The smallest absolute Gasteiger partial charge is 0.412 e. The maximum atomic E-state index is 14.7. The molecule has 43 heavy (non-hydrogen) atoms. The van der Waals surface area contributed by atoms with Crippen LogP contribution in [-0.4, -0.2) is 47.8 Å². The first-order valence-electron chi connectivity index (χ1n) is 14.0. The molecule has 1 unspecified atom stereocenters. The molecule has 0 saturated carbocycles. The van der Waals surface area contributed by atoms with E-state index in [0.29, 0.717) is 35.5 Å². The molecule has 1 aliphatic heterocycles. The summed E-state index contributed by atoms with van der Waals surface area (Å²) >= 11 is 5.94. The van der Waals surface area contributed by atoms with Gasteiger partial charge in [-0.15, -0.1) is 0 Å². The number of ether oxygens (including phenoxy) is 1. The standard InChI is InChI=1S/C31H33ClFN5O5/c1-3-4-5-6-27(40)36-25-16-20(35-18-39)7-8-22(25)19-11-13-34-21(15-19)17-28(41)38(2)14-12-26-29-24(37-31(42)43-26)10-9-23(32)30(29)33/h7-11,13,15-16,18,26H,3-6,12,14,17H2,1-2H3,(H,35,39)(H,36,40)(H,37,42). The summed E-state index contributed by atoms with van der Waals surface area (Å²) in [4.78, 5) is 54.5. The van der Waals surface area contributed by atoms with Crippen LogP contribution in [0.3, 0.4) is 0 Å². The van der Waals surface area contributed by atoms with Gasteiger partial charge >= 0.3 is 6.09 Å². The van der Waals surface area contributed by atoms with Crippen LogP contribution >= 0.6 is 11.6 Å². The van der Waals surface area contributed by atoms with E-state index >= 15 is 0 Å². The number of cyclic esters (lactones) is 1. The highest BCUT2D eigenvalue weighted by molar-refractivity contribution is 6.31. The van der Waals surface area contributed by atoms with Crippen molar-refractivity contribution >= 4 is 53.0 Å². The zero-order chi connectivity index (χ0) is 30.9. The number of aromatic nitrogens is 1. The van der Waals surface area contributed by atoms with Crippen molar-refractivity contribution in [2.24, 2.45) is 0 Å². The Morgan fingerprint density at radius 2 is 2.00 bits per heavy atom. The zero-order valence-electron chi connectivity index (χ0n) is 23.9. The largest absolute Gasteiger partial charge is 0.441 e.